The minimum Gasteiger partial charge on any atom is -0.327 e. The summed E-state index contributed by atoms with van der Waals surface area (Å²) in [7, 11) is -2.33. The first-order valence-electron chi connectivity index (χ1n) is 7.04. The van der Waals surface area contributed by atoms with Gasteiger partial charge in [0.15, 0.2) is 0 Å². The number of nitrogens with zero attached hydrogens (tertiary/aromatic N) is 2. The summed E-state index contributed by atoms with van der Waals surface area (Å²) in [4.78, 5) is 24.8. The predicted molar refractivity (Wildman–Crippen MR) is 86.1 cm³/mol. The van der Waals surface area contributed by atoms with Gasteiger partial charge in [-0.15, -0.1) is 12.4 Å². The number of carbonyl (C=O) groups excluding carboxylic acids is 2. The first kappa shape index (κ1) is 17.9. The van der Waals surface area contributed by atoms with E-state index in [1.54, 1.807) is 0 Å². The van der Waals surface area contributed by atoms with Crippen LogP contribution in [0, 0.1) is 0 Å². The molecule has 1 saturated heterocycles. The van der Waals surface area contributed by atoms with Gasteiger partial charge in [0.2, 0.25) is 10.0 Å². The number of fused-ring (bicyclic) bond motifs is 1. The van der Waals surface area contributed by atoms with Crippen molar-refractivity contribution in [1.82, 2.24) is 9.21 Å². The van der Waals surface area contributed by atoms with Gasteiger partial charge < -0.3 is 5.73 Å². The van der Waals surface area contributed by atoms with Crippen LogP contribution < -0.4 is 5.73 Å². The maximum Gasteiger partial charge on any atom is 0.261 e. The van der Waals surface area contributed by atoms with Gasteiger partial charge in [0.1, 0.15) is 0 Å². The molecule has 1 atom stereocenters. The molecule has 1 unspecified atom stereocenters. The SMILES string of the molecule is CN1C(=O)c2ccc(S(=O)(=O)N3CCCC(N)C3)cc2C1=O.Cl. The monoisotopic (exact) mass is 359 g/mol. The summed E-state index contributed by atoms with van der Waals surface area (Å²) < 4.78 is 26.7. The number of amides is 2. The molecule has 0 bridgehead atoms. The lowest BCUT2D eigenvalue weighted by molar-refractivity contribution is 0.0693. The lowest BCUT2D eigenvalue weighted by atomic mass is 10.1. The average molecular weight is 360 g/mol. The van der Waals surface area contributed by atoms with Gasteiger partial charge in [-0.2, -0.15) is 4.31 Å². The Labute approximate surface area is 140 Å². The molecule has 23 heavy (non-hydrogen) atoms. The highest BCUT2D eigenvalue weighted by Crippen LogP contribution is 2.27. The molecule has 9 heteroatoms. The minimum absolute atomic E-state index is 0. The lowest BCUT2D eigenvalue weighted by Gasteiger charge is -2.29. The van der Waals surface area contributed by atoms with Gasteiger partial charge in [-0.05, 0) is 31.0 Å². The van der Waals surface area contributed by atoms with Gasteiger partial charge in [-0.1, -0.05) is 0 Å². The Morgan fingerprint density at radius 3 is 2.48 bits per heavy atom. The largest absolute Gasteiger partial charge is 0.327 e. The topological polar surface area (TPSA) is 101 Å². The molecule has 2 N–H and O–H groups in total. The number of rotatable bonds is 2. The fourth-order valence-corrected chi connectivity index (χ4v) is 4.40. The number of nitrogens with two attached hydrogens (primary N) is 1. The standard InChI is InChI=1S/C14H17N3O4S.ClH/c1-16-13(18)11-5-4-10(7-12(11)14(16)19)22(20,21)17-6-2-3-9(15)8-17;/h4-5,7,9H,2-3,6,8,15H2,1H3;1H. The van der Waals surface area contributed by atoms with E-state index in [0.29, 0.717) is 13.0 Å². The van der Waals surface area contributed by atoms with E-state index in [-0.39, 0.29) is 41.0 Å². The van der Waals surface area contributed by atoms with E-state index in [9.17, 15) is 18.0 Å². The van der Waals surface area contributed by atoms with Crippen molar-refractivity contribution >= 4 is 34.2 Å². The second-order valence-corrected chi connectivity index (χ2v) is 7.58. The molecule has 0 spiro atoms. The van der Waals surface area contributed by atoms with E-state index in [2.05, 4.69) is 0 Å². The van der Waals surface area contributed by atoms with Gasteiger partial charge in [0.05, 0.1) is 16.0 Å². The molecule has 7 nitrogen and oxygen atoms in total. The van der Waals surface area contributed by atoms with Gasteiger partial charge in [-0.25, -0.2) is 8.42 Å². The minimum atomic E-state index is -3.70. The van der Waals surface area contributed by atoms with Crippen molar-refractivity contribution in [1.29, 1.82) is 0 Å². The highest BCUT2D eigenvalue weighted by atomic mass is 35.5. The maximum atomic E-state index is 12.7. The highest BCUT2D eigenvalue weighted by molar-refractivity contribution is 7.89. The lowest BCUT2D eigenvalue weighted by Crippen LogP contribution is -2.45. The van der Waals surface area contributed by atoms with Crippen molar-refractivity contribution in [2.75, 3.05) is 20.1 Å². The second kappa shape index (κ2) is 6.20. The van der Waals surface area contributed by atoms with Gasteiger partial charge >= 0.3 is 0 Å². The van der Waals surface area contributed by atoms with Crippen LogP contribution in [-0.4, -0.2) is 55.6 Å². The Balaban J connectivity index is 0.00000192. The first-order valence-corrected chi connectivity index (χ1v) is 8.48. The average Bonchev–Trinajstić information content (AvgIpc) is 2.72. The molecule has 1 aromatic carbocycles. The fourth-order valence-electron chi connectivity index (χ4n) is 2.84. The summed E-state index contributed by atoms with van der Waals surface area (Å²) >= 11 is 0. The molecule has 0 saturated carbocycles. The van der Waals surface area contributed by atoms with E-state index in [1.807, 2.05) is 0 Å². The quantitative estimate of drug-likeness (QED) is 0.772. The van der Waals surface area contributed by atoms with Crippen LogP contribution in [0.4, 0.5) is 0 Å². The Kier molecular flexibility index (Phi) is 4.81. The van der Waals surface area contributed by atoms with Crippen LogP contribution in [0.3, 0.4) is 0 Å². The zero-order valence-electron chi connectivity index (χ0n) is 12.6. The molecule has 2 heterocycles. The fraction of sp³-hybridized carbons (Fsp3) is 0.429. The molecule has 2 amide bonds. The van der Waals surface area contributed by atoms with E-state index in [1.165, 1.54) is 29.6 Å². The molecule has 3 rings (SSSR count). The zero-order chi connectivity index (χ0) is 16.1. The first-order chi connectivity index (χ1) is 10.3. The second-order valence-electron chi connectivity index (χ2n) is 5.64. The Hall–Kier alpha value is -1.48. The van der Waals surface area contributed by atoms with Crippen LogP contribution >= 0.6 is 12.4 Å². The van der Waals surface area contributed by atoms with E-state index in [4.69, 9.17) is 5.73 Å². The summed E-state index contributed by atoms with van der Waals surface area (Å²) in [6.07, 6.45) is 1.51. The molecule has 0 aliphatic carbocycles. The third-order valence-corrected chi connectivity index (χ3v) is 5.98. The van der Waals surface area contributed by atoms with Crippen LogP contribution in [0.5, 0.6) is 0 Å². The van der Waals surface area contributed by atoms with Gasteiger partial charge in [0.25, 0.3) is 11.8 Å². The number of hydrogen-bond donors (Lipinski definition) is 1. The molecule has 1 fully saturated rings. The summed E-state index contributed by atoms with van der Waals surface area (Å²) in [5.74, 6) is -0.892. The number of hydrogen-bond acceptors (Lipinski definition) is 5. The van der Waals surface area contributed by atoms with Crippen molar-refractivity contribution in [2.24, 2.45) is 5.73 Å². The molecular weight excluding hydrogens is 342 g/mol. The Bertz CT molecular complexity index is 765. The van der Waals surface area contributed by atoms with Crippen LogP contribution in [0.25, 0.3) is 0 Å². The van der Waals surface area contributed by atoms with Crippen LogP contribution in [0.1, 0.15) is 33.6 Å². The molecule has 1 aromatic rings. The normalized spacial score (nSPS) is 22.0. The molecule has 0 aromatic heterocycles. The van der Waals surface area contributed by atoms with Gasteiger partial charge in [0, 0.05) is 26.2 Å². The number of carbonyl (C=O) groups is 2. The zero-order valence-corrected chi connectivity index (χ0v) is 14.2. The maximum absolute atomic E-state index is 12.7. The molecule has 2 aliphatic rings. The molecule has 126 valence electrons. The Morgan fingerprint density at radius 2 is 1.83 bits per heavy atom. The number of piperidine rings is 1. The molecular formula is C14H18ClN3O4S. The van der Waals surface area contributed by atoms with Gasteiger partial charge in [-0.3, -0.25) is 14.5 Å². The number of benzene rings is 1. The van der Waals surface area contributed by atoms with Crippen molar-refractivity contribution in [3.8, 4) is 0 Å². The van der Waals surface area contributed by atoms with Crippen molar-refractivity contribution in [2.45, 2.75) is 23.8 Å². The Morgan fingerprint density at radius 1 is 1.17 bits per heavy atom. The molecule has 0 radical (unpaired) electrons. The van der Waals surface area contributed by atoms with Crippen LogP contribution in [0.15, 0.2) is 23.1 Å². The number of imide groups is 1. The summed E-state index contributed by atoms with van der Waals surface area (Å²) in [6.45, 7) is 0.687. The summed E-state index contributed by atoms with van der Waals surface area (Å²) in [6, 6.07) is 3.88. The smallest absolute Gasteiger partial charge is 0.261 e. The van der Waals surface area contributed by atoms with E-state index < -0.39 is 21.8 Å². The highest BCUT2D eigenvalue weighted by Gasteiger charge is 2.35. The van der Waals surface area contributed by atoms with E-state index in [0.717, 1.165) is 11.3 Å². The van der Waals surface area contributed by atoms with Crippen molar-refractivity contribution in [3.63, 3.8) is 0 Å². The summed E-state index contributed by atoms with van der Waals surface area (Å²) in [5, 5.41) is 0. The third kappa shape index (κ3) is 2.87. The number of halogens is 1. The summed E-state index contributed by atoms with van der Waals surface area (Å²) in [5.41, 5.74) is 6.21. The van der Waals surface area contributed by atoms with Crippen LogP contribution in [0.2, 0.25) is 0 Å². The van der Waals surface area contributed by atoms with Crippen molar-refractivity contribution < 1.29 is 18.0 Å². The third-order valence-electron chi connectivity index (χ3n) is 4.12. The van der Waals surface area contributed by atoms with Crippen LogP contribution in [-0.2, 0) is 10.0 Å². The number of sulfonamides is 1. The molecule has 2 aliphatic heterocycles. The predicted octanol–water partition coefficient (Wildman–Crippen LogP) is 0.446. The van der Waals surface area contributed by atoms with Crippen molar-refractivity contribution in [3.05, 3.63) is 29.3 Å². The van der Waals surface area contributed by atoms with E-state index >= 15 is 0 Å².